The molecule has 0 aliphatic carbocycles. The SMILES string of the molecule is Cc1cccc(CN(CC2CCCO2)C(=O)c2n[nH]c3c2COCC3)c1. The van der Waals surface area contributed by atoms with Crippen molar-refractivity contribution >= 4 is 5.91 Å². The van der Waals surface area contributed by atoms with Gasteiger partial charge in [-0.25, -0.2) is 0 Å². The van der Waals surface area contributed by atoms with Crippen LogP contribution in [-0.2, 0) is 29.0 Å². The highest BCUT2D eigenvalue weighted by Crippen LogP contribution is 2.22. The molecule has 1 N–H and O–H groups in total. The first kappa shape index (κ1) is 17.2. The van der Waals surface area contributed by atoms with Gasteiger partial charge in [-0.2, -0.15) is 5.10 Å². The average molecular weight is 355 g/mol. The third-order valence-corrected chi connectivity index (χ3v) is 5.09. The van der Waals surface area contributed by atoms with Crippen molar-refractivity contribution in [2.45, 2.75) is 45.4 Å². The van der Waals surface area contributed by atoms with Crippen molar-refractivity contribution in [1.82, 2.24) is 15.1 Å². The van der Waals surface area contributed by atoms with E-state index in [1.165, 1.54) is 5.56 Å². The number of nitrogens with zero attached hydrogens (tertiary/aromatic N) is 2. The summed E-state index contributed by atoms with van der Waals surface area (Å²) in [5.74, 6) is -0.0509. The number of carbonyl (C=O) groups is 1. The molecule has 6 nitrogen and oxygen atoms in total. The molecular weight excluding hydrogens is 330 g/mol. The molecule has 1 aromatic carbocycles. The van der Waals surface area contributed by atoms with E-state index in [-0.39, 0.29) is 12.0 Å². The summed E-state index contributed by atoms with van der Waals surface area (Å²) in [6, 6.07) is 8.28. The fraction of sp³-hybridized carbons (Fsp3) is 0.500. The predicted octanol–water partition coefficient (Wildman–Crippen LogP) is 2.61. The Kier molecular flexibility index (Phi) is 5.04. The lowest BCUT2D eigenvalue weighted by atomic mass is 10.1. The Bertz CT molecular complexity index is 780. The molecule has 1 atom stereocenters. The summed E-state index contributed by atoms with van der Waals surface area (Å²) < 4.78 is 11.3. The lowest BCUT2D eigenvalue weighted by Gasteiger charge is -2.26. The minimum absolute atomic E-state index is 0.0509. The van der Waals surface area contributed by atoms with Gasteiger partial charge >= 0.3 is 0 Å². The van der Waals surface area contributed by atoms with Crippen LogP contribution in [0.15, 0.2) is 24.3 Å². The number of ether oxygens (including phenoxy) is 2. The number of aromatic amines is 1. The second-order valence-electron chi connectivity index (χ2n) is 7.14. The van der Waals surface area contributed by atoms with Crippen LogP contribution in [-0.4, -0.2) is 46.9 Å². The van der Waals surface area contributed by atoms with Gasteiger partial charge in [-0.05, 0) is 25.3 Å². The molecule has 1 aromatic heterocycles. The zero-order valence-electron chi connectivity index (χ0n) is 15.2. The van der Waals surface area contributed by atoms with E-state index < -0.39 is 0 Å². The van der Waals surface area contributed by atoms with Crippen LogP contribution in [0.25, 0.3) is 0 Å². The Balaban J connectivity index is 1.58. The molecule has 1 saturated heterocycles. The fourth-order valence-electron chi connectivity index (χ4n) is 3.72. The van der Waals surface area contributed by atoms with Gasteiger partial charge in [0.2, 0.25) is 0 Å². The highest BCUT2D eigenvalue weighted by atomic mass is 16.5. The van der Waals surface area contributed by atoms with Crippen LogP contribution in [0.2, 0.25) is 0 Å². The Labute approximate surface area is 153 Å². The molecule has 3 heterocycles. The largest absolute Gasteiger partial charge is 0.376 e. The quantitative estimate of drug-likeness (QED) is 0.895. The molecule has 2 aliphatic rings. The van der Waals surface area contributed by atoms with Gasteiger partial charge in [0.25, 0.3) is 5.91 Å². The van der Waals surface area contributed by atoms with Crippen molar-refractivity contribution in [2.24, 2.45) is 0 Å². The highest BCUT2D eigenvalue weighted by molar-refractivity contribution is 5.94. The number of fused-ring (bicyclic) bond motifs is 1. The standard InChI is InChI=1S/C20H25N3O3/c1-14-4-2-5-15(10-14)11-23(12-16-6-3-8-26-16)20(24)19-17-13-25-9-7-18(17)21-22-19/h2,4-5,10,16H,3,6-9,11-13H2,1H3,(H,21,22). The number of benzene rings is 1. The van der Waals surface area contributed by atoms with Crippen molar-refractivity contribution in [1.29, 1.82) is 0 Å². The Morgan fingerprint density at radius 2 is 2.31 bits per heavy atom. The molecule has 0 bridgehead atoms. The molecule has 0 saturated carbocycles. The molecule has 0 radical (unpaired) electrons. The van der Waals surface area contributed by atoms with Crippen molar-refractivity contribution < 1.29 is 14.3 Å². The van der Waals surface area contributed by atoms with E-state index in [4.69, 9.17) is 9.47 Å². The smallest absolute Gasteiger partial charge is 0.275 e. The van der Waals surface area contributed by atoms with Gasteiger partial charge in [-0.15, -0.1) is 0 Å². The number of hydrogen-bond acceptors (Lipinski definition) is 4. The van der Waals surface area contributed by atoms with E-state index in [2.05, 4.69) is 35.3 Å². The van der Waals surface area contributed by atoms with Gasteiger partial charge in [-0.3, -0.25) is 9.89 Å². The summed E-state index contributed by atoms with van der Waals surface area (Å²) >= 11 is 0. The first-order valence-electron chi connectivity index (χ1n) is 9.31. The molecule has 138 valence electrons. The summed E-state index contributed by atoms with van der Waals surface area (Å²) in [6.07, 6.45) is 2.94. The molecule has 1 fully saturated rings. The Morgan fingerprint density at radius 1 is 1.38 bits per heavy atom. The summed E-state index contributed by atoms with van der Waals surface area (Å²) in [5, 5.41) is 7.34. The zero-order valence-corrected chi connectivity index (χ0v) is 15.2. The number of rotatable bonds is 5. The van der Waals surface area contributed by atoms with Gasteiger partial charge in [0.15, 0.2) is 5.69 Å². The molecule has 0 spiro atoms. The monoisotopic (exact) mass is 355 g/mol. The maximum atomic E-state index is 13.3. The molecule has 1 unspecified atom stereocenters. The van der Waals surface area contributed by atoms with Crippen LogP contribution in [0, 0.1) is 6.92 Å². The maximum absolute atomic E-state index is 13.3. The number of nitrogens with one attached hydrogen (secondary N) is 1. The molecular formula is C20H25N3O3. The van der Waals surface area contributed by atoms with Crippen molar-refractivity contribution in [3.8, 4) is 0 Å². The second kappa shape index (κ2) is 7.60. The van der Waals surface area contributed by atoms with Crippen LogP contribution < -0.4 is 0 Å². The molecule has 26 heavy (non-hydrogen) atoms. The third kappa shape index (κ3) is 3.66. The van der Waals surface area contributed by atoms with Crippen molar-refractivity contribution in [3.05, 3.63) is 52.3 Å². The molecule has 2 aromatic rings. The number of aryl methyl sites for hydroxylation is 1. The summed E-state index contributed by atoms with van der Waals surface area (Å²) in [7, 11) is 0. The Morgan fingerprint density at radius 3 is 3.12 bits per heavy atom. The normalized spacial score (nSPS) is 19.3. The number of aromatic nitrogens is 2. The first-order valence-corrected chi connectivity index (χ1v) is 9.31. The number of hydrogen-bond donors (Lipinski definition) is 1. The lowest BCUT2D eigenvalue weighted by molar-refractivity contribution is 0.0496. The van der Waals surface area contributed by atoms with Gasteiger partial charge in [0.1, 0.15) is 0 Å². The van der Waals surface area contributed by atoms with Crippen LogP contribution in [0.3, 0.4) is 0 Å². The van der Waals surface area contributed by atoms with Crippen LogP contribution in [0.5, 0.6) is 0 Å². The predicted molar refractivity (Wildman–Crippen MR) is 96.8 cm³/mol. The highest BCUT2D eigenvalue weighted by Gasteiger charge is 2.29. The molecule has 4 rings (SSSR count). The minimum atomic E-state index is -0.0509. The topological polar surface area (TPSA) is 67.5 Å². The van der Waals surface area contributed by atoms with Crippen LogP contribution >= 0.6 is 0 Å². The summed E-state index contributed by atoms with van der Waals surface area (Å²) in [6.45, 7) is 5.12. The van der Waals surface area contributed by atoms with E-state index in [0.29, 0.717) is 32.0 Å². The first-order chi connectivity index (χ1) is 12.7. The maximum Gasteiger partial charge on any atom is 0.275 e. The van der Waals surface area contributed by atoms with E-state index >= 15 is 0 Å². The van der Waals surface area contributed by atoms with Crippen molar-refractivity contribution in [2.75, 3.05) is 19.8 Å². The van der Waals surface area contributed by atoms with E-state index in [1.807, 2.05) is 11.0 Å². The summed E-state index contributed by atoms with van der Waals surface area (Å²) in [4.78, 5) is 15.2. The lowest BCUT2D eigenvalue weighted by Crippen LogP contribution is -2.37. The number of carbonyl (C=O) groups excluding carboxylic acids is 1. The Hall–Kier alpha value is -2.18. The van der Waals surface area contributed by atoms with Crippen LogP contribution in [0.1, 0.15) is 45.7 Å². The zero-order chi connectivity index (χ0) is 17.9. The molecule has 1 amide bonds. The number of amides is 1. The van der Waals surface area contributed by atoms with Gasteiger partial charge in [-0.1, -0.05) is 29.8 Å². The minimum Gasteiger partial charge on any atom is -0.376 e. The van der Waals surface area contributed by atoms with Gasteiger partial charge in [0.05, 0.1) is 19.3 Å². The van der Waals surface area contributed by atoms with Gasteiger partial charge < -0.3 is 14.4 Å². The number of H-pyrrole nitrogens is 1. The van der Waals surface area contributed by atoms with E-state index in [0.717, 1.165) is 42.7 Å². The molecule has 2 aliphatic heterocycles. The third-order valence-electron chi connectivity index (χ3n) is 5.09. The van der Waals surface area contributed by atoms with Gasteiger partial charge in [0, 0.05) is 37.4 Å². The van der Waals surface area contributed by atoms with Crippen molar-refractivity contribution in [3.63, 3.8) is 0 Å². The molecule has 6 heteroatoms. The summed E-state index contributed by atoms with van der Waals surface area (Å²) in [5.41, 5.74) is 4.73. The fourth-order valence-corrected chi connectivity index (χ4v) is 3.72. The van der Waals surface area contributed by atoms with E-state index in [1.54, 1.807) is 0 Å². The second-order valence-corrected chi connectivity index (χ2v) is 7.14. The van der Waals surface area contributed by atoms with Crippen LogP contribution in [0.4, 0.5) is 0 Å². The average Bonchev–Trinajstić information content (AvgIpc) is 3.30. The van der Waals surface area contributed by atoms with E-state index in [9.17, 15) is 4.79 Å².